The van der Waals surface area contributed by atoms with E-state index in [4.69, 9.17) is 17.0 Å². The van der Waals surface area contributed by atoms with Crippen molar-refractivity contribution in [1.29, 1.82) is 0 Å². The summed E-state index contributed by atoms with van der Waals surface area (Å²) in [5, 5.41) is 12.7. The maximum absolute atomic E-state index is 13.0. The number of halogens is 1. The quantitative estimate of drug-likeness (QED) is 0.513. The normalized spacial score (nSPS) is 15.4. The molecular weight excluding hydrogens is 371 g/mol. The van der Waals surface area contributed by atoms with Crippen LogP contribution in [0, 0.1) is 10.6 Å². The first-order chi connectivity index (χ1) is 13.0. The van der Waals surface area contributed by atoms with Gasteiger partial charge in [0.1, 0.15) is 18.9 Å². The average Bonchev–Trinajstić information content (AvgIpc) is 2.66. The van der Waals surface area contributed by atoms with Crippen molar-refractivity contribution in [1.82, 2.24) is 9.55 Å². The average molecular weight is 392 g/mol. The van der Waals surface area contributed by atoms with E-state index >= 15 is 0 Å². The van der Waals surface area contributed by atoms with Crippen LogP contribution >= 0.6 is 12.2 Å². The molecule has 3 rings (SSSR count). The minimum absolute atomic E-state index is 0.0317. The van der Waals surface area contributed by atoms with Crippen LogP contribution in [0.2, 0.25) is 0 Å². The van der Waals surface area contributed by atoms with Crippen LogP contribution < -0.4 is 15.6 Å². The van der Waals surface area contributed by atoms with Gasteiger partial charge in [0, 0.05) is 12.8 Å². The summed E-state index contributed by atoms with van der Waals surface area (Å²) < 4.78 is 19.7. The highest BCUT2D eigenvalue weighted by molar-refractivity contribution is 7.71. The zero-order valence-electron chi connectivity index (χ0n) is 14.7. The van der Waals surface area contributed by atoms with Gasteiger partial charge in [-0.25, -0.2) is 4.39 Å². The van der Waals surface area contributed by atoms with Crippen molar-refractivity contribution in [3.8, 4) is 5.88 Å². The molecule has 0 spiro atoms. The second kappa shape index (κ2) is 9.03. The number of quaternary nitrogens is 1. The van der Waals surface area contributed by atoms with Crippen LogP contribution in [0.5, 0.6) is 5.88 Å². The van der Waals surface area contributed by atoms with E-state index in [0.29, 0.717) is 12.1 Å². The van der Waals surface area contributed by atoms with Crippen LogP contribution in [0.15, 0.2) is 34.1 Å². The molecule has 1 fully saturated rings. The summed E-state index contributed by atoms with van der Waals surface area (Å²) in [7, 11) is 0. The van der Waals surface area contributed by atoms with Crippen molar-refractivity contribution in [3.05, 3.63) is 56.3 Å². The van der Waals surface area contributed by atoms with E-state index in [-0.39, 0.29) is 22.7 Å². The lowest BCUT2D eigenvalue weighted by atomic mass is 10.2. The predicted octanol–water partition coefficient (Wildman–Crippen LogP) is -0.499. The van der Waals surface area contributed by atoms with Crippen molar-refractivity contribution < 1.29 is 19.1 Å². The fourth-order valence-corrected chi connectivity index (χ4v) is 3.13. The lowest BCUT2D eigenvalue weighted by Crippen LogP contribution is -3.14. The molecule has 1 aromatic heterocycles. The number of aromatic amines is 1. The van der Waals surface area contributed by atoms with Gasteiger partial charge in [0.15, 0.2) is 4.77 Å². The zero-order valence-corrected chi connectivity index (χ0v) is 15.6. The Morgan fingerprint density at radius 2 is 2.04 bits per heavy atom. The summed E-state index contributed by atoms with van der Waals surface area (Å²) in [6, 6.07) is 5.76. The third-order valence-corrected chi connectivity index (χ3v) is 4.78. The Kier molecular flexibility index (Phi) is 6.49. The molecule has 2 aromatic rings. The second-order valence-corrected chi connectivity index (χ2v) is 6.73. The number of nitrogens with zero attached hydrogens (tertiary/aromatic N) is 2. The molecule has 0 aliphatic carbocycles. The van der Waals surface area contributed by atoms with Crippen LogP contribution in [-0.2, 0) is 11.3 Å². The van der Waals surface area contributed by atoms with E-state index in [0.717, 1.165) is 32.8 Å². The van der Waals surface area contributed by atoms with E-state index in [2.05, 4.69) is 9.98 Å². The number of morpholine rings is 1. The van der Waals surface area contributed by atoms with Crippen molar-refractivity contribution in [2.45, 2.75) is 6.54 Å². The third-order valence-electron chi connectivity index (χ3n) is 4.45. The van der Waals surface area contributed by atoms with Crippen LogP contribution in [0.3, 0.4) is 0 Å². The molecule has 1 aliphatic rings. The number of aromatic nitrogens is 2. The molecule has 0 unspecified atom stereocenters. The molecule has 1 saturated heterocycles. The fraction of sp³-hybridized carbons (Fsp3) is 0.389. The smallest absolute Gasteiger partial charge is 0.259 e. The maximum Gasteiger partial charge on any atom is 0.259 e. The minimum Gasteiger partial charge on any atom is -0.859 e. The lowest BCUT2D eigenvalue weighted by molar-refractivity contribution is -0.906. The highest BCUT2D eigenvalue weighted by Gasteiger charge is 2.12. The van der Waals surface area contributed by atoms with Gasteiger partial charge in [0.2, 0.25) is 0 Å². The Bertz CT molecular complexity index is 918. The van der Waals surface area contributed by atoms with Gasteiger partial charge in [-0.1, -0.05) is 12.1 Å². The van der Waals surface area contributed by atoms with E-state index < -0.39 is 11.4 Å². The summed E-state index contributed by atoms with van der Waals surface area (Å²) in [6.45, 7) is 4.84. The number of hydrogen-bond acceptors (Lipinski definition) is 5. The van der Waals surface area contributed by atoms with Crippen LogP contribution in [-0.4, -0.2) is 55.2 Å². The van der Waals surface area contributed by atoms with Gasteiger partial charge in [0.25, 0.3) is 5.56 Å². The first kappa shape index (κ1) is 19.4. The second-order valence-electron chi connectivity index (χ2n) is 6.34. The van der Waals surface area contributed by atoms with Gasteiger partial charge < -0.3 is 19.3 Å². The van der Waals surface area contributed by atoms with Gasteiger partial charge >= 0.3 is 0 Å². The molecule has 0 amide bonds. The Morgan fingerprint density at radius 3 is 2.74 bits per heavy atom. The standard InChI is InChI=1S/C18H21FN4O3S/c19-14-3-1-13(2-4-14)12-23-17(25)15(16(24)21-18(23)27)11-20-5-6-22-7-9-26-10-8-22/h1-4,11,25H,5-10,12H2,(H,21,24,27). The van der Waals surface area contributed by atoms with E-state index in [9.17, 15) is 14.3 Å². The molecule has 2 N–H and O–H groups in total. The molecule has 0 bridgehead atoms. The number of hydrogen-bond donors (Lipinski definition) is 2. The van der Waals surface area contributed by atoms with Gasteiger partial charge in [0.05, 0.1) is 31.9 Å². The molecule has 0 radical (unpaired) electrons. The summed E-state index contributed by atoms with van der Waals surface area (Å²) in [5.74, 6) is -0.864. The predicted molar refractivity (Wildman–Crippen MR) is 99.7 cm³/mol. The number of H-pyrrole nitrogens is 1. The molecular formula is C18H21FN4O3S. The summed E-state index contributed by atoms with van der Waals surface area (Å²) in [5.41, 5.74) is 0.0981. The fourth-order valence-electron chi connectivity index (χ4n) is 2.89. The Hall–Kier alpha value is -2.36. The van der Waals surface area contributed by atoms with E-state index in [1.54, 1.807) is 12.1 Å². The topological polar surface area (TPSA) is 86.9 Å². The summed E-state index contributed by atoms with van der Waals surface area (Å²) in [6.07, 6.45) is 1.32. The SMILES string of the molecule is O=c1[nH]c(=S)n(Cc2ccc(F)cc2)c([O-])c1C=NCC[NH+]1CCOCC1. The van der Waals surface area contributed by atoms with Crippen LogP contribution in [0.25, 0.3) is 0 Å². The number of nitrogens with one attached hydrogen (secondary N) is 2. The zero-order chi connectivity index (χ0) is 19.2. The van der Waals surface area contributed by atoms with Crippen molar-refractivity contribution >= 4 is 18.4 Å². The summed E-state index contributed by atoms with van der Waals surface area (Å²) >= 11 is 5.11. The molecule has 0 atom stereocenters. The molecule has 1 aromatic carbocycles. The monoisotopic (exact) mass is 392 g/mol. The Labute approximate surface area is 160 Å². The molecule has 144 valence electrons. The molecule has 1 aliphatic heterocycles. The molecule has 0 saturated carbocycles. The molecule has 9 heteroatoms. The Morgan fingerprint density at radius 1 is 1.33 bits per heavy atom. The van der Waals surface area contributed by atoms with Crippen molar-refractivity contribution in [2.24, 2.45) is 4.99 Å². The molecule has 2 heterocycles. The maximum atomic E-state index is 13.0. The minimum atomic E-state index is -0.553. The van der Waals surface area contributed by atoms with E-state index in [1.165, 1.54) is 27.8 Å². The highest BCUT2D eigenvalue weighted by atomic mass is 32.1. The first-order valence-corrected chi connectivity index (χ1v) is 9.15. The largest absolute Gasteiger partial charge is 0.859 e. The number of benzene rings is 1. The first-order valence-electron chi connectivity index (χ1n) is 8.74. The van der Waals surface area contributed by atoms with Gasteiger partial charge in [-0.15, -0.1) is 0 Å². The Balaban J connectivity index is 1.74. The number of ether oxygens (including phenoxy) is 1. The highest BCUT2D eigenvalue weighted by Crippen LogP contribution is 2.12. The van der Waals surface area contributed by atoms with Crippen molar-refractivity contribution in [3.63, 3.8) is 0 Å². The van der Waals surface area contributed by atoms with E-state index in [1.807, 2.05) is 0 Å². The number of aliphatic imine (C=N–C) groups is 1. The number of rotatable bonds is 6. The van der Waals surface area contributed by atoms with Crippen LogP contribution in [0.1, 0.15) is 11.1 Å². The molecule has 27 heavy (non-hydrogen) atoms. The summed E-state index contributed by atoms with van der Waals surface area (Å²) in [4.78, 5) is 20.2. The molecule has 7 nitrogen and oxygen atoms in total. The third kappa shape index (κ3) is 5.09. The van der Waals surface area contributed by atoms with Crippen molar-refractivity contribution in [2.75, 3.05) is 39.4 Å². The van der Waals surface area contributed by atoms with Gasteiger partial charge in [-0.2, -0.15) is 0 Å². The van der Waals surface area contributed by atoms with Crippen LogP contribution in [0.4, 0.5) is 4.39 Å². The lowest BCUT2D eigenvalue weighted by Gasteiger charge is -2.22. The van der Waals surface area contributed by atoms with Gasteiger partial charge in [-0.05, 0) is 35.8 Å². The van der Waals surface area contributed by atoms with Gasteiger partial charge in [-0.3, -0.25) is 14.8 Å².